The first-order valence-electron chi connectivity index (χ1n) is 7.09. The van der Waals surface area contributed by atoms with Gasteiger partial charge in [-0.2, -0.15) is 0 Å². The minimum atomic E-state index is -0.562. The number of ether oxygens (including phenoxy) is 1. The minimum Gasteiger partial charge on any atom is -0.468 e. The van der Waals surface area contributed by atoms with E-state index in [4.69, 9.17) is 4.74 Å². The summed E-state index contributed by atoms with van der Waals surface area (Å²) in [6, 6.07) is 8.98. The first kappa shape index (κ1) is 15.4. The quantitative estimate of drug-likeness (QED) is 0.619. The van der Waals surface area contributed by atoms with Gasteiger partial charge in [-0.1, -0.05) is 17.7 Å². The second-order valence-corrected chi connectivity index (χ2v) is 6.82. The van der Waals surface area contributed by atoms with Crippen LogP contribution in [0.2, 0.25) is 0 Å². The highest BCUT2D eigenvalue weighted by Crippen LogP contribution is 2.27. The number of carbonyl (C=O) groups is 1. The minimum absolute atomic E-state index is 0.158. The number of hydrogen-bond acceptors (Lipinski definition) is 4. The molecule has 1 unspecified atom stereocenters. The van der Waals surface area contributed by atoms with E-state index in [1.807, 2.05) is 6.92 Å². The second kappa shape index (κ2) is 6.64. The predicted octanol–water partition coefficient (Wildman–Crippen LogP) is 3.16. The van der Waals surface area contributed by atoms with Crippen LogP contribution in [-0.2, 0) is 9.53 Å². The van der Waals surface area contributed by atoms with E-state index in [1.165, 1.54) is 17.6 Å². The third-order valence-corrected chi connectivity index (χ3v) is 4.64. The number of nitrogens with one attached hydrogen (secondary N) is 1. The van der Waals surface area contributed by atoms with Crippen molar-refractivity contribution in [2.45, 2.75) is 49.6 Å². The van der Waals surface area contributed by atoms with Gasteiger partial charge in [0.05, 0.1) is 7.11 Å². The lowest BCUT2D eigenvalue weighted by atomic mass is 9.99. The predicted molar refractivity (Wildman–Crippen MR) is 83.1 cm³/mol. The summed E-state index contributed by atoms with van der Waals surface area (Å²) in [5, 5.41) is 3.43. The number of esters is 1. The molecule has 1 aromatic carbocycles. The summed E-state index contributed by atoms with van der Waals surface area (Å²) in [5.41, 5.74) is 0.706. The molecule has 0 spiro atoms. The maximum Gasteiger partial charge on any atom is 0.325 e. The topological polar surface area (TPSA) is 38.3 Å². The van der Waals surface area contributed by atoms with Crippen LogP contribution in [0.4, 0.5) is 0 Å². The fourth-order valence-electron chi connectivity index (χ4n) is 2.14. The van der Waals surface area contributed by atoms with Gasteiger partial charge in [-0.3, -0.25) is 10.1 Å². The Kier molecular flexibility index (Phi) is 5.11. The molecule has 0 radical (unpaired) electrons. The Balaban J connectivity index is 1.87. The van der Waals surface area contributed by atoms with Crippen LogP contribution >= 0.6 is 11.8 Å². The first-order valence-corrected chi connectivity index (χ1v) is 8.07. The highest BCUT2D eigenvalue weighted by molar-refractivity contribution is 7.99. The Morgan fingerprint density at radius 1 is 1.40 bits per heavy atom. The molecule has 2 rings (SSSR count). The molecule has 0 aromatic heterocycles. The molecule has 1 aliphatic rings. The largest absolute Gasteiger partial charge is 0.468 e. The summed E-state index contributed by atoms with van der Waals surface area (Å²) in [7, 11) is 1.46. The van der Waals surface area contributed by atoms with Gasteiger partial charge in [-0.15, -0.1) is 11.8 Å². The third kappa shape index (κ3) is 4.25. The number of methoxy groups -OCH3 is 1. The molecular weight excluding hydrogens is 270 g/mol. The number of thioether (sulfide) groups is 1. The van der Waals surface area contributed by atoms with Gasteiger partial charge in [0.2, 0.25) is 0 Å². The molecular formula is C16H23NO2S. The Hall–Kier alpha value is -1.00. The molecule has 1 aromatic rings. The third-order valence-electron chi connectivity index (χ3n) is 3.63. The highest BCUT2D eigenvalue weighted by atomic mass is 32.2. The van der Waals surface area contributed by atoms with Crippen molar-refractivity contribution in [1.29, 1.82) is 0 Å². The number of hydrogen-bond donors (Lipinski definition) is 1. The maximum absolute atomic E-state index is 12.0. The van der Waals surface area contributed by atoms with E-state index in [0.29, 0.717) is 6.04 Å². The van der Waals surface area contributed by atoms with E-state index in [1.54, 1.807) is 11.8 Å². The smallest absolute Gasteiger partial charge is 0.325 e. The van der Waals surface area contributed by atoms with Gasteiger partial charge in [0.15, 0.2) is 0 Å². The molecule has 1 fully saturated rings. The van der Waals surface area contributed by atoms with Crippen LogP contribution in [-0.4, -0.2) is 30.4 Å². The average molecular weight is 293 g/mol. The molecule has 3 nitrogen and oxygen atoms in total. The molecule has 1 saturated carbocycles. The van der Waals surface area contributed by atoms with Crippen molar-refractivity contribution < 1.29 is 9.53 Å². The molecule has 110 valence electrons. The Morgan fingerprint density at radius 3 is 2.60 bits per heavy atom. The van der Waals surface area contributed by atoms with E-state index in [0.717, 1.165) is 25.0 Å². The average Bonchev–Trinajstić information content (AvgIpc) is 3.24. The lowest BCUT2D eigenvalue weighted by Crippen LogP contribution is -2.51. The van der Waals surface area contributed by atoms with E-state index in [-0.39, 0.29) is 5.97 Å². The van der Waals surface area contributed by atoms with Gasteiger partial charge in [0, 0.05) is 16.7 Å². The molecule has 1 N–H and O–H groups in total. The van der Waals surface area contributed by atoms with Crippen LogP contribution in [0.5, 0.6) is 0 Å². The fourth-order valence-corrected chi connectivity index (χ4v) is 3.22. The zero-order valence-corrected chi connectivity index (χ0v) is 13.3. The number of carbonyl (C=O) groups excluding carboxylic acids is 1. The van der Waals surface area contributed by atoms with Crippen LogP contribution in [0.25, 0.3) is 0 Å². The highest BCUT2D eigenvalue weighted by Gasteiger charge is 2.38. The summed E-state index contributed by atoms with van der Waals surface area (Å²) < 4.78 is 4.95. The normalized spacial score (nSPS) is 17.6. The molecule has 1 atom stereocenters. The van der Waals surface area contributed by atoms with Gasteiger partial charge in [-0.25, -0.2) is 0 Å². The molecule has 0 bridgehead atoms. The van der Waals surface area contributed by atoms with Crippen LogP contribution in [0.15, 0.2) is 29.2 Å². The van der Waals surface area contributed by atoms with Gasteiger partial charge >= 0.3 is 5.97 Å². The van der Waals surface area contributed by atoms with Crippen LogP contribution in [0.3, 0.4) is 0 Å². The van der Waals surface area contributed by atoms with Gasteiger partial charge < -0.3 is 4.74 Å². The molecule has 20 heavy (non-hydrogen) atoms. The summed E-state index contributed by atoms with van der Waals surface area (Å²) in [5.74, 6) is 0.739. The fraction of sp³-hybridized carbons (Fsp3) is 0.562. The number of rotatable bonds is 7. The van der Waals surface area contributed by atoms with Crippen molar-refractivity contribution in [1.82, 2.24) is 5.32 Å². The first-order chi connectivity index (χ1) is 9.53. The number of benzene rings is 1. The summed E-state index contributed by atoms with van der Waals surface area (Å²) >= 11 is 1.78. The van der Waals surface area contributed by atoms with E-state index >= 15 is 0 Å². The monoisotopic (exact) mass is 293 g/mol. The Bertz CT molecular complexity index is 456. The summed E-state index contributed by atoms with van der Waals surface area (Å²) in [6.45, 7) is 4.04. The van der Waals surface area contributed by atoms with Crippen molar-refractivity contribution >= 4 is 17.7 Å². The maximum atomic E-state index is 12.0. The van der Waals surface area contributed by atoms with Crippen molar-refractivity contribution in [3.63, 3.8) is 0 Å². The molecule has 1 aliphatic carbocycles. The SMILES string of the molecule is COC(=O)C(C)(CCSc1ccc(C)cc1)NC1CC1. The molecule has 0 saturated heterocycles. The lowest BCUT2D eigenvalue weighted by molar-refractivity contribution is -0.148. The Labute approximate surface area is 125 Å². The standard InChI is InChI=1S/C16H23NO2S/c1-12-4-8-14(9-5-12)20-11-10-16(2,15(18)19-3)17-13-6-7-13/h4-5,8-9,13,17H,6-7,10-11H2,1-3H3. The molecule has 4 heteroatoms. The van der Waals surface area contributed by atoms with E-state index < -0.39 is 5.54 Å². The van der Waals surface area contributed by atoms with Crippen molar-refractivity contribution in [3.05, 3.63) is 29.8 Å². The van der Waals surface area contributed by atoms with Gasteiger partial charge in [0.1, 0.15) is 5.54 Å². The van der Waals surface area contributed by atoms with Crippen molar-refractivity contribution in [2.75, 3.05) is 12.9 Å². The van der Waals surface area contributed by atoms with Crippen LogP contribution in [0.1, 0.15) is 31.7 Å². The van der Waals surface area contributed by atoms with Gasteiger partial charge in [-0.05, 0) is 45.2 Å². The second-order valence-electron chi connectivity index (χ2n) is 5.65. The van der Waals surface area contributed by atoms with Crippen molar-refractivity contribution in [3.8, 4) is 0 Å². The van der Waals surface area contributed by atoms with E-state index in [9.17, 15) is 4.79 Å². The molecule has 0 aliphatic heterocycles. The van der Waals surface area contributed by atoms with Crippen LogP contribution < -0.4 is 5.32 Å². The van der Waals surface area contributed by atoms with Crippen molar-refractivity contribution in [2.24, 2.45) is 0 Å². The zero-order chi connectivity index (χ0) is 14.6. The molecule has 0 amide bonds. The van der Waals surface area contributed by atoms with Crippen LogP contribution in [0, 0.1) is 6.92 Å². The lowest BCUT2D eigenvalue weighted by Gasteiger charge is -2.28. The van der Waals surface area contributed by atoms with E-state index in [2.05, 4.69) is 36.5 Å². The zero-order valence-electron chi connectivity index (χ0n) is 12.4. The number of aryl methyl sites for hydroxylation is 1. The Morgan fingerprint density at radius 2 is 2.05 bits per heavy atom. The molecule has 0 heterocycles. The summed E-state index contributed by atoms with van der Waals surface area (Å²) in [6.07, 6.45) is 3.10. The van der Waals surface area contributed by atoms with Gasteiger partial charge in [0.25, 0.3) is 0 Å². The summed E-state index contributed by atoms with van der Waals surface area (Å²) in [4.78, 5) is 13.2.